The van der Waals surface area contributed by atoms with Crippen LogP contribution in [0.15, 0.2) is 30.7 Å². The molecule has 2 aromatic heterocycles. The van der Waals surface area contributed by atoms with Crippen molar-refractivity contribution >= 4 is 5.82 Å². The molecule has 0 aromatic carbocycles. The fraction of sp³-hybridized carbons (Fsp3) is 0.556. The molecule has 1 fully saturated rings. The lowest BCUT2D eigenvalue weighted by atomic mass is 9.97. The largest absolute Gasteiger partial charge is 0.353 e. The molecule has 0 aliphatic carbocycles. The quantitative estimate of drug-likeness (QED) is 0.816. The summed E-state index contributed by atoms with van der Waals surface area (Å²) in [5.74, 6) is 1.67. The van der Waals surface area contributed by atoms with Crippen LogP contribution in [0, 0.1) is 5.82 Å². The Morgan fingerprint density at radius 1 is 1.29 bits per heavy atom. The zero-order chi connectivity index (χ0) is 16.9. The molecule has 1 saturated heterocycles. The molecule has 5 nitrogen and oxygen atoms in total. The number of piperidine rings is 1. The smallest absolute Gasteiger partial charge is 0.165 e. The maximum atomic E-state index is 14.0. The lowest BCUT2D eigenvalue weighted by Gasteiger charge is -2.33. The van der Waals surface area contributed by atoms with Crippen molar-refractivity contribution in [3.8, 4) is 0 Å². The van der Waals surface area contributed by atoms with E-state index in [1.807, 2.05) is 6.20 Å². The van der Waals surface area contributed by atoms with Gasteiger partial charge in [0.25, 0.3) is 0 Å². The first-order valence-electron chi connectivity index (χ1n) is 8.66. The van der Waals surface area contributed by atoms with E-state index in [1.165, 1.54) is 6.07 Å². The molecule has 1 atom stereocenters. The Balaban J connectivity index is 1.69. The molecule has 130 valence electrons. The number of hydrogen-bond donors (Lipinski definition) is 0. The van der Waals surface area contributed by atoms with Gasteiger partial charge in [-0.05, 0) is 52.0 Å². The van der Waals surface area contributed by atoms with Crippen LogP contribution in [-0.2, 0) is 6.54 Å². The predicted molar refractivity (Wildman–Crippen MR) is 93.8 cm³/mol. The molecule has 6 heteroatoms. The van der Waals surface area contributed by atoms with Crippen molar-refractivity contribution in [2.75, 3.05) is 38.6 Å². The zero-order valence-corrected chi connectivity index (χ0v) is 14.5. The van der Waals surface area contributed by atoms with Crippen LogP contribution in [-0.4, -0.2) is 53.2 Å². The first kappa shape index (κ1) is 16.9. The Labute approximate surface area is 143 Å². The number of rotatable bonds is 6. The van der Waals surface area contributed by atoms with E-state index in [-0.39, 0.29) is 5.82 Å². The van der Waals surface area contributed by atoms with Gasteiger partial charge in [0, 0.05) is 44.1 Å². The average molecular weight is 331 g/mol. The second-order valence-corrected chi connectivity index (χ2v) is 6.73. The van der Waals surface area contributed by atoms with Crippen LogP contribution in [0.1, 0.15) is 31.0 Å². The highest BCUT2D eigenvalue weighted by Crippen LogP contribution is 2.29. The number of hydrogen-bond acceptors (Lipinski definition) is 4. The summed E-state index contributed by atoms with van der Waals surface area (Å²) in [6.45, 7) is 3.67. The summed E-state index contributed by atoms with van der Waals surface area (Å²) in [6, 6.07) is 3.12. The summed E-state index contributed by atoms with van der Waals surface area (Å²) in [6.07, 6.45) is 8.82. The second-order valence-electron chi connectivity index (χ2n) is 6.73. The van der Waals surface area contributed by atoms with Crippen LogP contribution in [0.25, 0.3) is 0 Å². The van der Waals surface area contributed by atoms with E-state index in [0.717, 1.165) is 51.3 Å². The third kappa shape index (κ3) is 3.93. The Morgan fingerprint density at radius 3 is 2.96 bits per heavy atom. The molecular formula is C18H26FN5. The van der Waals surface area contributed by atoms with Gasteiger partial charge in [-0.1, -0.05) is 0 Å². The molecule has 0 N–H and O–H groups in total. The minimum atomic E-state index is -0.243. The summed E-state index contributed by atoms with van der Waals surface area (Å²) < 4.78 is 16.3. The highest BCUT2D eigenvalue weighted by Gasteiger charge is 2.26. The van der Waals surface area contributed by atoms with Crippen LogP contribution >= 0.6 is 0 Å². The summed E-state index contributed by atoms with van der Waals surface area (Å²) in [5, 5.41) is 0. The zero-order valence-electron chi connectivity index (χ0n) is 14.5. The Morgan fingerprint density at radius 2 is 2.17 bits per heavy atom. The van der Waals surface area contributed by atoms with Crippen LogP contribution in [0.5, 0.6) is 0 Å². The third-order valence-electron chi connectivity index (χ3n) is 4.58. The monoisotopic (exact) mass is 331 g/mol. The number of aromatic nitrogens is 3. The van der Waals surface area contributed by atoms with Crippen molar-refractivity contribution in [3.63, 3.8) is 0 Å². The van der Waals surface area contributed by atoms with Gasteiger partial charge in [-0.3, -0.25) is 0 Å². The average Bonchev–Trinajstić information content (AvgIpc) is 3.03. The van der Waals surface area contributed by atoms with Gasteiger partial charge in [-0.15, -0.1) is 0 Å². The van der Waals surface area contributed by atoms with E-state index < -0.39 is 0 Å². The summed E-state index contributed by atoms with van der Waals surface area (Å²) in [4.78, 5) is 13.1. The summed E-state index contributed by atoms with van der Waals surface area (Å²) in [7, 11) is 4.19. The highest BCUT2D eigenvalue weighted by molar-refractivity contribution is 5.40. The number of halogens is 1. The van der Waals surface area contributed by atoms with E-state index in [2.05, 4.69) is 44.6 Å². The molecule has 0 spiro atoms. The van der Waals surface area contributed by atoms with E-state index in [4.69, 9.17) is 0 Å². The molecule has 3 heterocycles. The summed E-state index contributed by atoms with van der Waals surface area (Å²) in [5.41, 5.74) is 0. The van der Waals surface area contributed by atoms with Crippen molar-refractivity contribution in [2.45, 2.75) is 31.7 Å². The first-order chi connectivity index (χ1) is 11.6. The van der Waals surface area contributed by atoms with E-state index in [1.54, 1.807) is 12.3 Å². The van der Waals surface area contributed by atoms with E-state index in [9.17, 15) is 4.39 Å². The van der Waals surface area contributed by atoms with Crippen molar-refractivity contribution in [1.29, 1.82) is 0 Å². The minimum absolute atomic E-state index is 0.243. The maximum absolute atomic E-state index is 14.0. The third-order valence-corrected chi connectivity index (χ3v) is 4.58. The van der Waals surface area contributed by atoms with E-state index in [0.29, 0.717) is 11.7 Å². The van der Waals surface area contributed by atoms with Crippen molar-refractivity contribution in [1.82, 2.24) is 19.4 Å². The minimum Gasteiger partial charge on any atom is -0.353 e. The van der Waals surface area contributed by atoms with Crippen LogP contribution in [0.4, 0.5) is 10.2 Å². The standard InChI is InChI=1S/C18H26FN5/c1-22(2)10-5-12-23-13-9-21-17(23)15-6-4-11-24(14-15)18-16(19)7-3-8-20-18/h3,7-9,13,15H,4-6,10-12,14H2,1-2H3. The number of nitrogens with zero attached hydrogens (tertiary/aromatic N) is 5. The van der Waals surface area contributed by atoms with Gasteiger partial charge in [0.15, 0.2) is 11.6 Å². The summed E-state index contributed by atoms with van der Waals surface area (Å²) >= 11 is 0. The Hall–Kier alpha value is -1.95. The van der Waals surface area contributed by atoms with Crippen molar-refractivity contribution in [3.05, 3.63) is 42.4 Å². The van der Waals surface area contributed by atoms with Gasteiger partial charge in [-0.25, -0.2) is 14.4 Å². The van der Waals surface area contributed by atoms with Crippen LogP contribution < -0.4 is 4.90 Å². The SMILES string of the molecule is CN(C)CCCn1ccnc1C1CCCN(c2ncccc2F)C1. The Kier molecular flexibility index (Phi) is 5.45. The predicted octanol–water partition coefficient (Wildman–Crippen LogP) is 2.75. The fourth-order valence-corrected chi connectivity index (χ4v) is 3.42. The number of pyridine rings is 1. The molecule has 0 radical (unpaired) electrons. The van der Waals surface area contributed by atoms with Gasteiger partial charge in [-0.2, -0.15) is 0 Å². The molecule has 24 heavy (non-hydrogen) atoms. The number of imidazole rings is 1. The second kappa shape index (κ2) is 7.75. The maximum Gasteiger partial charge on any atom is 0.165 e. The lowest BCUT2D eigenvalue weighted by molar-refractivity contribution is 0.380. The van der Waals surface area contributed by atoms with Gasteiger partial charge >= 0.3 is 0 Å². The van der Waals surface area contributed by atoms with Gasteiger partial charge in [0.1, 0.15) is 5.82 Å². The Bertz CT molecular complexity index is 654. The lowest BCUT2D eigenvalue weighted by Crippen LogP contribution is -2.36. The molecule has 1 aliphatic rings. The molecule has 1 aliphatic heterocycles. The molecular weight excluding hydrogens is 305 g/mol. The van der Waals surface area contributed by atoms with Crippen LogP contribution in [0.3, 0.4) is 0 Å². The van der Waals surface area contributed by atoms with Crippen molar-refractivity contribution < 1.29 is 4.39 Å². The molecule has 1 unspecified atom stereocenters. The topological polar surface area (TPSA) is 37.2 Å². The normalized spacial score (nSPS) is 18.3. The van der Waals surface area contributed by atoms with Crippen molar-refractivity contribution in [2.24, 2.45) is 0 Å². The van der Waals surface area contributed by atoms with E-state index >= 15 is 0 Å². The molecule has 0 amide bonds. The first-order valence-corrected chi connectivity index (χ1v) is 8.66. The van der Waals surface area contributed by atoms with Gasteiger partial charge in [0.2, 0.25) is 0 Å². The number of anilines is 1. The van der Waals surface area contributed by atoms with Crippen LogP contribution in [0.2, 0.25) is 0 Å². The molecule has 0 saturated carbocycles. The fourth-order valence-electron chi connectivity index (χ4n) is 3.42. The molecule has 2 aromatic rings. The highest BCUT2D eigenvalue weighted by atomic mass is 19.1. The molecule has 0 bridgehead atoms. The number of aryl methyl sites for hydroxylation is 1. The van der Waals surface area contributed by atoms with Gasteiger partial charge < -0.3 is 14.4 Å². The van der Waals surface area contributed by atoms with Gasteiger partial charge in [0.05, 0.1) is 0 Å². The molecule has 3 rings (SSSR count).